The Bertz CT molecular complexity index is 303. The lowest BCUT2D eigenvalue weighted by atomic mass is 10.2. The molecule has 14 heavy (non-hydrogen) atoms. The monoisotopic (exact) mass is 228 g/mol. The number of hydrogen-bond donors (Lipinski definition) is 1. The summed E-state index contributed by atoms with van der Waals surface area (Å²) in [6, 6.07) is 6.09. The van der Waals surface area contributed by atoms with Crippen LogP contribution >= 0.6 is 22.9 Å². The first-order valence-corrected chi connectivity index (χ1v) is 5.84. The largest absolute Gasteiger partial charge is 0.312 e. The Morgan fingerprint density at radius 1 is 1.43 bits per heavy atom. The van der Waals surface area contributed by atoms with Gasteiger partial charge in [-0.1, -0.05) is 11.6 Å². The normalized spacial score (nSPS) is 10.0. The summed E-state index contributed by atoms with van der Waals surface area (Å²) in [5, 5.41) is 11.6. The number of unbranched alkanes of at least 4 members (excludes halogenated alkanes) is 2. The maximum absolute atomic E-state index is 8.32. The standard InChI is InChI=1S/C10H13ClN2S/c11-10-5-4-9(14-10)8-13-7-3-1-2-6-12/h4-5,13H,1-3,7-8H2. The van der Waals surface area contributed by atoms with Crippen LogP contribution in [0.1, 0.15) is 24.1 Å². The molecule has 0 unspecified atom stereocenters. The first-order chi connectivity index (χ1) is 6.83. The fraction of sp³-hybridized carbons (Fsp3) is 0.500. The Morgan fingerprint density at radius 3 is 2.93 bits per heavy atom. The molecule has 0 saturated heterocycles. The Hall–Kier alpha value is -0.560. The molecule has 0 aliphatic rings. The fourth-order valence-corrected chi connectivity index (χ4v) is 2.17. The molecule has 1 rings (SSSR count). The molecule has 0 fully saturated rings. The van der Waals surface area contributed by atoms with Crippen molar-refractivity contribution in [1.82, 2.24) is 5.32 Å². The van der Waals surface area contributed by atoms with Gasteiger partial charge in [0, 0.05) is 17.8 Å². The molecule has 0 bridgehead atoms. The van der Waals surface area contributed by atoms with Crippen LogP contribution in [0.4, 0.5) is 0 Å². The SMILES string of the molecule is N#CCCCCNCc1ccc(Cl)s1. The van der Waals surface area contributed by atoms with Crippen molar-refractivity contribution >= 4 is 22.9 Å². The number of thiophene rings is 1. The van der Waals surface area contributed by atoms with Gasteiger partial charge in [-0.3, -0.25) is 0 Å². The van der Waals surface area contributed by atoms with Crippen molar-refractivity contribution in [3.05, 3.63) is 21.3 Å². The topological polar surface area (TPSA) is 35.8 Å². The van der Waals surface area contributed by atoms with Gasteiger partial charge in [0.25, 0.3) is 0 Å². The molecule has 1 heterocycles. The highest BCUT2D eigenvalue weighted by Gasteiger charge is 1.96. The third-order valence-electron chi connectivity index (χ3n) is 1.82. The Balaban J connectivity index is 2.02. The van der Waals surface area contributed by atoms with E-state index in [0.717, 1.165) is 30.3 Å². The number of nitrogens with zero attached hydrogens (tertiary/aromatic N) is 1. The molecule has 0 saturated carbocycles. The van der Waals surface area contributed by atoms with Crippen LogP contribution in [0.3, 0.4) is 0 Å². The van der Waals surface area contributed by atoms with Crippen LogP contribution in [-0.4, -0.2) is 6.54 Å². The minimum atomic E-state index is 0.659. The number of nitriles is 1. The van der Waals surface area contributed by atoms with Gasteiger partial charge in [-0.15, -0.1) is 11.3 Å². The molecule has 0 aliphatic heterocycles. The van der Waals surface area contributed by atoms with Gasteiger partial charge >= 0.3 is 0 Å². The summed E-state index contributed by atoms with van der Waals surface area (Å²) in [5.74, 6) is 0. The highest BCUT2D eigenvalue weighted by molar-refractivity contribution is 7.16. The van der Waals surface area contributed by atoms with Crippen molar-refractivity contribution in [3.63, 3.8) is 0 Å². The van der Waals surface area contributed by atoms with Crippen LogP contribution in [0.2, 0.25) is 4.34 Å². The molecule has 1 aromatic rings. The average Bonchev–Trinajstić information content (AvgIpc) is 2.58. The molecule has 2 nitrogen and oxygen atoms in total. The van der Waals surface area contributed by atoms with E-state index in [9.17, 15) is 0 Å². The van der Waals surface area contributed by atoms with Crippen molar-refractivity contribution in [1.29, 1.82) is 5.26 Å². The summed E-state index contributed by atoms with van der Waals surface area (Å²) in [7, 11) is 0. The van der Waals surface area contributed by atoms with E-state index in [4.69, 9.17) is 16.9 Å². The highest BCUT2D eigenvalue weighted by atomic mass is 35.5. The van der Waals surface area contributed by atoms with Crippen molar-refractivity contribution in [2.24, 2.45) is 0 Å². The molecule has 0 amide bonds. The summed E-state index contributed by atoms with van der Waals surface area (Å²) in [4.78, 5) is 1.26. The zero-order valence-electron chi connectivity index (χ0n) is 7.92. The minimum Gasteiger partial charge on any atom is -0.312 e. The third-order valence-corrected chi connectivity index (χ3v) is 3.05. The zero-order chi connectivity index (χ0) is 10.2. The summed E-state index contributed by atoms with van der Waals surface area (Å²) in [6.45, 7) is 1.85. The first-order valence-electron chi connectivity index (χ1n) is 4.65. The van der Waals surface area contributed by atoms with Crippen molar-refractivity contribution < 1.29 is 0 Å². The van der Waals surface area contributed by atoms with Crippen LogP contribution in [-0.2, 0) is 6.54 Å². The Labute approximate surface area is 93.5 Å². The molecule has 0 spiro atoms. The van der Waals surface area contributed by atoms with Gasteiger partial charge in [-0.05, 0) is 31.5 Å². The smallest absolute Gasteiger partial charge is 0.0931 e. The van der Waals surface area contributed by atoms with Gasteiger partial charge < -0.3 is 5.32 Å². The molecule has 4 heteroatoms. The van der Waals surface area contributed by atoms with Crippen LogP contribution in [0.25, 0.3) is 0 Å². The van der Waals surface area contributed by atoms with Gasteiger partial charge in [0.15, 0.2) is 0 Å². The van der Waals surface area contributed by atoms with E-state index in [1.54, 1.807) is 11.3 Å². The second kappa shape index (κ2) is 6.83. The summed E-state index contributed by atoms with van der Waals surface area (Å²) >= 11 is 7.40. The van der Waals surface area contributed by atoms with Gasteiger partial charge in [-0.25, -0.2) is 0 Å². The number of halogens is 1. The summed E-state index contributed by atoms with van der Waals surface area (Å²) in [5.41, 5.74) is 0. The summed E-state index contributed by atoms with van der Waals surface area (Å²) < 4.78 is 0.839. The quantitative estimate of drug-likeness (QED) is 0.760. The summed E-state index contributed by atoms with van der Waals surface area (Å²) in [6.07, 6.45) is 2.70. The van der Waals surface area contributed by atoms with Gasteiger partial charge in [0.1, 0.15) is 0 Å². The maximum Gasteiger partial charge on any atom is 0.0931 e. The van der Waals surface area contributed by atoms with E-state index in [-0.39, 0.29) is 0 Å². The van der Waals surface area contributed by atoms with E-state index in [2.05, 4.69) is 11.4 Å². The molecule has 1 aromatic heterocycles. The predicted molar refractivity (Wildman–Crippen MR) is 60.5 cm³/mol. The second-order valence-corrected chi connectivity index (χ2v) is 4.80. The van der Waals surface area contributed by atoms with Gasteiger partial charge in [0.05, 0.1) is 10.4 Å². The van der Waals surface area contributed by atoms with E-state index >= 15 is 0 Å². The maximum atomic E-state index is 8.32. The molecular formula is C10H13ClN2S. The van der Waals surface area contributed by atoms with Crippen LogP contribution in [0.15, 0.2) is 12.1 Å². The molecule has 0 atom stereocenters. The molecule has 76 valence electrons. The fourth-order valence-electron chi connectivity index (χ4n) is 1.11. The highest BCUT2D eigenvalue weighted by Crippen LogP contribution is 2.20. The lowest BCUT2D eigenvalue weighted by molar-refractivity contribution is 0.632. The lowest BCUT2D eigenvalue weighted by Gasteiger charge is -2.00. The molecule has 0 aliphatic carbocycles. The van der Waals surface area contributed by atoms with E-state index in [1.807, 2.05) is 12.1 Å². The predicted octanol–water partition coefficient (Wildman–Crippen LogP) is 3.18. The van der Waals surface area contributed by atoms with Crippen LogP contribution in [0.5, 0.6) is 0 Å². The van der Waals surface area contributed by atoms with E-state index < -0.39 is 0 Å². The third kappa shape index (κ3) is 4.61. The van der Waals surface area contributed by atoms with Crippen molar-refractivity contribution in [2.75, 3.05) is 6.54 Å². The molecule has 0 radical (unpaired) electrons. The van der Waals surface area contributed by atoms with Gasteiger partial charge in [0.2, 0.25) is 0 Å². The zero-order valence-corrected chi connectivity index (χ0v) is 9.50. The van der Waals surface area contributed by atoms with E-state index in [1.165, 1.54) is 4.88 Å². The van der Waals surface area contributed by atoms with Crippen LogP contribution in [0, 0.1) is 11.3 Å². The minimum absolute atomic E-state index is 0.659. The first kappa shape index (κ1) is 11.5. The molecular weight excluding hydrogens is 216 g/mol. The lowest BCUT2D eigenvalue weighted by Crippen LogP contribution is -2.13. The van der Waals surface area contributed by atoms with Crippen LogP contribution < -0.4 is 5.32 Å². The number of nitrogens with one attached hydrogen (secondary N) is 1. The Morgan fingerprint density at radius 2 is 2.29 bits per heavy atom. The second-order valence-electron chi connectivity index (χ2n) is 3.00. The van der Waals surface area contributed by atoms with E-state index in [0.29, 0.717) is 6.42 Å². The van der Waals surface area contributed by atoms with Gasteiger partial charge in [-0.2, -0.15) is 5.26 Å². The molecule has 0 aromatic carbocycles. The average molecular weight is 229 g/mol. The van der Waals surface area contributed by atoms with Crippen molar-refractivity contribution in [3.8, 4) is 6.07 Å². The number of hydrogen-bond acceptors (Lipinski definition) is 3. The van der Waals surface area contributed by atoms with Crippen molar-refractivity contribution in [2.45, 2.75) is 25.8 Å². The molecule has 1 N–H and O–H groups in total. The Kier molecular flexibility index (Phi) is 5.62. The number of rotatable bonds is 6.